The van der Waals surface area contributed by atoms with Crippen LogP contribution in [0.15, 0.2) is 0 Å². The summed E-state index contributed by atoms with van der Waals surface area (Å²) in [6, 6.07) is 1.94. The summed E-state index contributed by atoms with van der Waals surface area (Å²) in [5.41, 5.74) is -0.268. The minimum Gasteiger partial charge on any atom is -0.368 e. The Morgan fingerprint density at radius 2 is 2.09 bits per heavy atom. The zero-order chi connectivity index (χ0) is 8.91. The third-order valence-corrected chi connectivity index (χ3v) is 1.23. The molecular weight excluding hydrogens is 142 g/mol. The van der Waals surface area contributed by atoms with Crippen molar-refractivity contribution in [2.24, 2.45) is 5.41 Å². The molecule has 0 rings (SSSR count). The summed E-state index contributed by atoms with van der Waals surface area (Å²) in [7, 11) is 0. The molecule has 0 fully saturated rings. The van der Waals surface area contributed by atoms with Crippen molar-refractivity contribution in [1.82, 2.24) is 0 Å². The van der Waals surface area contributed by atoms with Crippen molar-refractivity contribution in [3.05, 3.63) is 0 Å². The Bertz CT molecular complexity index is 143. The van der Waals surface area contributed by atoms with Gasteiger partial charge in [0.2, 0.25) is 0 Å². The van der Waals surface area contributed by atoms with Crippen molar-refractivity contribution in [1.29, 1.82) is 5.26 Å². The van der Waals surface area contributed by atoms with E-state index in [1.54, 1.807) is 0 Å². The van der Waals surface area contributed by atoms with Crippen molar-refractivity contribution in [2.45, 2.75) is 33.5 Å². The van der Waals surface area contributed by atoms with Crippen LogP contribution in [0.3, 0.4) is 0 Å². The third-order valence-electron chi connectivity index (χ3n) is 1.23. The highest BCUT2D eigenvalue weighted by Crippen LogP contribution is 2.19. The number of hydrogen-bond donors (Lipinski definition) is 1. The van der Waals surface area contributed by atoms with Gasteiger partial charge in [-0.3, -0.25) is 0 Å². The van der Waals surface area contributed by atoms with E-state index in [1.165, 1.54) is 0 Å². The predicted molar refractivity (Wildman–Crippen MR) is 41.6 cm³/mol. The highest BCUT2D eigenvalue weighted by atomic mass is 16.6. The van der Waals surface area contributed by atoms with Gasteiger partial charge in [-0.15, -0.1) is 0 Å². The highest BCUT2D eigenvalue weighted by Gasteiger charge is 2.22. The second-order valence-electron chi connectivity index (χ2n) is 3.50. The van der Waals surface area contributed by atoms with Crippen LogP contribution < -0.4 is 0 Å². The van der Waals surface area contributed by atoms with Gasteiger partial charge < -0.3 is 9.84 Å². The second-order valence-corrected chi connectivity index (χ2v) is 3.50. The Balaban J connectivity index is 3.55. The number of aliphatic hydroxyl groups excluding tert-OH is 1. The number of nitriles is 1. The fourth-order valence-electron chi connectivity index (χ4n) is 0.466. The zero-order valence-corrected chi connectivity index (χ0v) is 7.29. The molecule has 1 atom stereocenters. The molecule has 0 radical (unpaired) electrons. The number of nitrogens with zero attached hydrogens (tertiary/aromatic N) is 1. The minimum atomic E-state index is -0.782. The lowest BCUT2D eigenvalue weighted by molar-refractivity contribution is -0.157. The molecule has 0 saturated carbocycles. The van der Waals surface area contributed by atoms with Crippen LogP contribution in [-0.2, 0) is 4.74 Å². The van der Waals surface area contributed by atoms with Crippen molar-refractivity contribution in [3.8, 4) is 6.07 Å². The van der Waals surface area contributed by atoms with Crippen molar-refractivity contribution in [2.75, 3.05) is 6.61 Å². The molecule has 1 unspecified atom stereocenters. The maximum Gasteiger partial charge on any atom is 0.159 e. The van der Waals surface area contributed by atoms with Gasteiger partial charge in [-0.25, -0.2) is 0 Å². The molecule has 0 amide bonds. The number of hydrogen-bond acceptors (Lipinski definition) is 3. The van der Waals surface area contributed by atoms with Crippen LogP contribution in [0.1, 0.15) is 27.2 Å². The molecule has 11 heavy (non-hydrogen) atoms. The van der Waals surface area contributed by atoms with E-state index in [0.717, 1.165) is 0 Å². The van der Waals surface area contributed by atoms with E-state index in [-0.39, 0.29) is 5.41 Å². The van der Waals surface area contributed by atoms with Crippen LogP contribution in [0.5, 0.6) is 0 Å². The molecule has 0 aliphatic heterocycles. The standard InChI is InChI=1S/C8H15NO2/c1-8(2,3)7(10)11-6-4-5-9/h7,10H,4,6H2,1-3H3. The molecule has 3 heteroatoms. The predicted octanol–water partition coefficient (Wildman–Crippen LogP) is 1.28. The smallest absolute Gasteiger partial charge is 0.159 e. The van der Waals surface area contributed by atoms with Gasteiger partial charge in [-0.2, -0.15) is 5.26 Å². The van der Waals surface area contributed by atoms with Gasteiger partial charge in [-0.05, 0) is 0 Å². The van der Waals surface area contributed by atoms with Crippen LogP contribution in [0.2, 0.25) is 0 Å². The number of rotatable bonds is 3. The van der Waals surface area contributed by atoms with Gasteiger partial charge in [0.1, 0.15) is 0 Å². The normalized spacial score (nSPS) is 14.1. The molecule has 0 heterocycles. The van der Waals surface area contributed by atoms with Gasteiger partial charge in [-0.1, -0.05) is 20.8 Å². The SMILES string of the molecule is CC(C)(C)C(O)OCCC#N. The lowest BCUT2D eigenvalue weighted by atomic mass is 9.96. The van der Waals surface area contributed by atoms with E-state index in [9.17, 15) is 5.11 Å². The summed E-state index contributed by atoms with van der Waals surface area (Å²) in [5, 5.41) is 17.5. The Kier molecular flexibility index (Phi) is 4.09. The van der Waals surface area contributed by atoms with Crippen molar-refractivity contribution >= 4 is 0 Å². The van der Waals surface area contributed by atoms with Gasteiger partial charge in [0.05, 0.1) is 19.1 Å². The first kappa shape index (κ1) is 10.4. The quantitative estimate of drug-likeness (QED) is 0.496. The summed E-state index contributed by atoms with van der Waals surface area (Å²) in [4.78, 5) is 0. The van der Waals surface area contributed by atoms with Crippen LogP contribution in [0.4, 0.5) is 0 Å². The Morgan fingerprint density at radius 1 is 1.55 bits per heavy atom. The molecule has 1 N–H and O–H groups in total. The molecular formula is C8H15NO2. The van der Waals surface area contributed by atoms with Crippen molar-refractivity contribution < 1.29 is 9.84 Å². The summed E-state index contributed by atoms with van der Waals surface area (Å²) in [6.45, 7) is 5.94. The summed E-state index contributed by atoms with van der Waals surface area (Å²) < 4.78 is 4.98. The molecule has 0 aliphatic rings. The average Bonchev–Trinajstić information content (AvgIpc) is 1.86. The largest absolute Gasteiger partial charge is 0.368 e. The molecule has 0 aromatic rings. The lowest BCUT2D eigenvalue weighted by Gasteiger charge is -2.25. The van der Waals surface area contributed by atoms with Crippen LogP contribution in [0, 0.1) is 16.7 Å². The first-order valence-electron chi connectivity index (χ1n) is 3.65. The fraction of sp³-hybridized carbons (Fsp3) is 0.875. The van der Waals surface area contributed by atoms with Gasteiger partial charge in [0.25, 0.3) is 0 Å². The lowest BCUT2D eigenvalue weighted by Crippen LogP contribution is -2.29. The fourth-order valence-corrected chi connectivity index (χ4v) is 0.466. The third kappa shape index (κ3) is 4.77. The molecule has 3 nitrogen and oxygen atoms in total. The zero-order valence-electron chi connectivity index (χ0n) is 7.29. The Morgan fingerprint density at radius 3 is 2.45 bits per heavy atom. The van der Waals surface area contributed by atoms with Crippen molar-refractivity contribution in [3.63, 3.8) is 0 Å². The van der Waals surface area contributed by atoms with E-state index in [0.29, 0.717) is 13.0 Å². The van der Waals surface area contributed by atoms with Crippen LogP contribution >= 0.6 is 0 Å². The average molecular weight is 157 g/mol. The molecule has 0 bridgehead atoms. The first-order chi connectivity index (χ1) is 4.98. The molecule has 0 aliphatic carbocycles. The van der Waals surface area contributed by atoms with Gasteiger partial charge in [0, 0.05) is 5.41 Å². The van der Waals surface area contributed by atoms with E-state index in [4.69, 9.17) is 10.00 Å². The first-order valence-corrected chi connectivity index (χ1v) is 3.65. The summed E-state index contributed by atoms with van der Waals surface area (Å²) in [6.07, 6.45) is -0.455. The monoisotopic (exact) mass is 157 g/mol. The van der Waals surface area contributed by atoms with Gasteiger partial charge in [0.15, 0.2) is 6.29 Å². The number of ether oxygens (including phenoxy) is 1. The molecule has 0 aromatic heterocycles. The molecule has 64 valence electrons. The topological polar surface area (TPSA) is 53.2 Å². The maximum atomic E-state index is 9.28. The van der Waals surface area contributed by atoms with E-state index < -0.39 is 6.29 Å². The Labute approximate surface area is 67.6 Å². The molecule has 0 spiro atoms. The highest BCUT2D eigenvalue weighted by molar-refractivity contribution is 4.69. The van der Waals surface area contributed by atoms with Crippen LogP contribution in [0.25, 0.3) is 0 Å². The maximum absolute atomic E-state index is 9.28. The summed E-state index contributed by atoms with van der Waals surface area (Å²) in [5.74, 6) is 0. The summed E-state index contributed by atoms with van der Waals surface area (Å²) >= 11 is 0. The second kappa shape index (κ2) is 4.32. The Hall–Kier alpha value is -0.590. The van der Waals surface area contributed by atoms with E-state index in [2.05, 4.69) is 0 Å². The van der Waals surface area contributed by atoms with Gasteiger partial charge >= 0.3 is 0 Å². The van der Waals surface area contributed by atoms with E-state index in [1.807, 2.05) is 26.8 Å². The molecule has 0 aromatic carbocycles. The van der Waals surface area contributed by atoms with Crippen LogP contribution in [-0.4, -0.2) is 18.0 Å². The number of aliphatic hydroxyl groups is 1. The minimum absolute atomic E-state index is 0.268. The molecule has 0 saturated heterocycles. The van der Waals surface area contributed by atoms with E-state index >= 15 is 0 Å².